The van der Waals surface area contributed by atoms with E-state index >= 15 is 0 Å². The summed E-state index contributed by atoms with van der Waals surface area (Å²) in [6, 6.07) is 0. The maximum Gasteiger partial charge on any atom is 1.00 e. The van der Waals surface area contributed by atoms with E-state index in [9.17, 15) is 4.79 Å². The van der Waals surface area contributed by atoms with E-state index in [1.165, 1.54) is 6.92 Å². The van der Waals surface area contributed by atoms with Crippen molar-refractivity contribution in [2.45, 2.75) is 40.0 Å². The average molecular weight is 264 g/mol. The second-order valence-corrected chi connectivity index (χ2v) is 2.49. The Morgan fingerprint density at radius 3 is 2.12 bits per heavy atom. The van der Waals surface area contributed by atoms with Crippen LogP contribution in [0.4, 0.5) is 0 Å². The van der Waals surface area contributed by atoms with Crippen LogP contribution >= 0.6 is 0 Å². The number of hydrogen-bond donors (Lipinski definition) is 0. The van der Waals surface area contributed by atoms with Gasteiger partial charge in [-0.2, -0.15) is 0 Å². The van der Waals surface area contributed by atoms with Gasteiger partial charge in [0, 0.05) is 14.0 Å². The molecule has 0 fully saturated rings. The molecule has 0 rings (SSSR count). The van der Waals surface area contributed by atoms with Crippen LogP contribution < -0.4 is 51.4 Å². The molecule has 0 bridgehead atoms. The molecule has 0 aliphatic heterocycles. The van der Waals surface area contributed by atoms with Crippen LogP contribution in [0.2, 0.25) is 0 Å². The SMILES string of the molecule is CC.[CH2-]CC#CC(C)=O.[CH2-]CC[CH-]COC.[K+]. The Bertz CT molecular complexity index is 176. The summed E-state index contributed by atoms with van der Waals surface area (Å²) in [5, 5.41) is 0. The van der Waals surface area contributed by atoms with E-state index in [1.54, 1.807) is 7.11 Å². The molecule has 0 aromatic heterocycles. The molecule has 96 valence electrons. The topological polar surface area (TPSA) is 26.3 Å². The van der Waals surface area contributed by atoms with Crippen molar-refractivity contribution in [3.8, 4) is 11.8 Å². The van der Waals surface area contributed by atoms with Crippen LogP contribution in [-0.4, -0.2) is 19.5 Å². The van der Waals surface area contributed by atoms with E-state index in [4.69, 9.17) is 4.74 Å². The van der Waals surface area contributed by atoms with Crippen molar-refractivity contribution >= 4 is 5.78 Å². The number of hydrogen-bond acceptors (Lipinski definition) is 2. The van der Waals surface area contributed by atoms with Gasteiger partial charge in [-0.1, -0.05) is 20.5 Å². The second kappa shape index (κ2) is 30.1. The van der Waals surface area contributed by atoms with Crippen LogP contribution in [0.1, 0.15) is 40.0 Å². The molecule has 0 amide bonds. The summed E-state index contributed by atoms with van der Waals surface area (Å²) in [6.07, 6.45) is 4.63. The summed E-state index contributed by atoms with van der Waals surface area (Å²) in [7, 11) is 1.69. The largest absolute Gasteiger partial charge is 1.00 e. The van der Waals surface area contributed by atoms with E-state index < -0.39 is 0 Å². The Kier molecular flexibility index (Phi) is 46.8. The van der Waals surface area contributed by atoms with E-state index in [1.807, 2.05) is 13.8 Å². The molecule has 0 atom stereocenters. The number of methoxy groups -OCH3 is 1. The first-order valence-corrected chi connectivity index (χ1v) is 5.57. The molecule has 0 spiro atoms. The van der Waals surface area contributed by atoms with Crippen molar-refractivity contribution in [3.63, 3.8) is 0 Å². The maximum absolute atomic E-state index is 10.0. The van der Waals surface area contributed by atoms with Gasteiger partial charge >= 0.3 is 51.4 Å². The van der Waals surface area contributed by atoms with Gasteiger partial charge in [0.2, 0.25) is 5.78 Å². The van der Waals surface area contributed by atoms with Gasteiger partial charge in [-0.15, -0.1) is 12.3 Å². The third-order valence-corrected chi connectivity index (χ3v) is 1.08. The third kappa shape index (κ3) is 47.5. The quantitative estimate of drug-likeness (QED) is 0.240. The van der Waals surface area contributed by atoms with Crippen molar-refractivity contribution < 1.29 is 60.9 Å². The molecule has 0 aliphatic carbocycles. The molecular weight excluding hydrogens is 239 g/mol. The summed E-state index contributed by atoms with van der Waals surface area (Å²) in [5.41, 5.74) is 0. The van der Waals surface area contributed by atoms with E-state index in [0.29, 0.717) is 6.42 Å². The monoisotopic (exact) mass is 264 g/mol. The molecule has 2 nitrogen and oxygen atoms in total. The Morgan fingerprint density at radius 2 is 1.88 bits per heavy atom. The van der Waals surface area contributed by atoms with E-state index in [0.717, 1.165) is 19.4 Å². The average Bonchev–Trinajstić information content (AvgIpc) is 2.30. The number of ketones is 1. The predicted molar refractivity (Wildman–Crippen MR) is 70.5 cm³/mol. The maximum atomic E-state index is 10.0. The number of unbranched alkanes of at least 4 members (excludes halogenated alkanes) is 2. The summed E-state index contributed by atoms with van der Waals surface area (Å²) < 4.78 is 4.76. The van der Waals surface area contributed by atoms with Crippen molar-refractivity contribution in [2.75, 3.05) is 13.7 Å². The van der Waals surface area contributed by atoms with Gasteiger partial charge in [0.05, 0.1) is 0 Å². The smallest absolute Gasteiger partial charge is 0.416 e. The molecule has 0 unspecified atom stereocenters. The van der Waals surface area contributed by atoms with Gasteiger partial charge in [-0.05, 0) is 5.92 Å². The third-order valence-electron chi connectivity index (χ3n) is 1.08. The molecule has 0 aromatic rings. The molecular formula is C14H25KO2-2. The zero-order valence-corrected chi connectivity index (χ0v) is 15.3. The number of carbonyl (C=O) groups is 1. The molecule has 0 heterocycles. The van der Waals surface area contributed by atoms with Gasteiger partial charge in [-0.25, -0.2) is 12.8 Å². The number of ether oxygens (including phenoxy) is 1. The fourth-order valence-corrected chi connectivity index (χ4v) is 0.532. The first-order chi connectivity index (χ1) is 7.68. The van der Waals surface area contributed by atoms with Crippen molar-refractivity contribution in [3.05, 3.63) is 20.3 Å². The molecule has 0 saturated heterocycles. The first-order valence-electron chi connectivity index (χ1n) is 5.57. The summed E-state index contributed by atoms with van der Waals surface area (Å²) >= 11 is 0. The van der Waals surface area contributed by atoms with Crippen LogP contribution in [0.5, 0.6) is 0 Å². The van der Waals surface area contributed by atoms with Gasteiger partial charge in [0.1, 0.15) is 0 Å². The zero-order chi connectivity index (χ0) is 13.2. The van der Waals surface area contributed by atoms with E-state index in [-0.39, 0.29) is 57.2 Å². The predicted octanol–water partition coefficient (Wildman–Crippen LogP) is 0.285. The minimum Gasteiger partial charge on any atom is -0.416 e. The van der Waals surface area contributed by atoms with E-state index in [2.05, 4.69) is 32.1 Å². The van der Waals surface area contributed by atoms with Crippen molar-refractivity contribution in [1.29, 1.82) is 0 Å². The molecule has 0 N–H and O–H groups in total. The van der Waals surface area contributed by atoms with Crippen LogP contribution in [-0.2, 0) is 9.53 Å². The fraction of sp³-hybridized carbons (Fsp3) is 0.571. The molecule has 0 saturated carbocycles. The Balaban J connectivity index is -0.0000000823. The van der Waals surface area contributed by atoms with Gasteiger partial charge < -0.3 is 25.0 Å². The molecule has 0 radical (unpaired) electrons. The Hall–Kier alpha value is 0.826. The normalized spacial score (nSPS) is 6.94. The van der Waals surface area contributed by atoms with Gasteiger partial charge in [-0.3, -0.25) is 4.79 Å². The molecule has 17 heavy (non-hydrogen) atoms. The Labute approximate surface area is 151 Å². The van der Waals surface area contributed by atoms with Gasteiger partial charge in [0.15, 0.2) is 0 Å². The minimum atomic E-state index is -0.0938. The van der Waals surface area contributed by atoms with Crippen LogP contribution in [0, 0.1) is 32.1 Å². The van der Waals surface area contributed by atoms with Crippen molar-refractivity contribution in [1.82, 2.24) is 0 Å². The number of rotatable bonds is 4. The Morgan fingerprint density at radius 1 is 1.35 bits per heavy atom. The van der Waals surface area contributed by atoms with Crippen molar-refractivity contribution in [2.24, 2.45) is 0 Å². The summed E-state index contributed by atoms with van der Waals surface area (Å²) in [4.78, 5) is 10.0. The van der Waals surface area contributed by atoms with Gasteiger partial charge in [0.25, 0.3) is 0 Å². The summed E-state index contributed by atoms with van der Waals surface area (Å²) in [5.74, 6) is 4.79. The van der Waals surface area contributed by atoms with Crippen LogP contribution in [0.25, 0.3) is 0 Å². The molecule has 0 aliphatic rings. The van der Waals surface area contributed by atoms with Crippen LogP contribution in [0.3, 0.4) is 0 Å². The molecule has 3 heteroatoms. The fourth-order valence-electron chi connectivity index (χ4n) is 0.532. The second-order valence-electron chi connectivity index (χ2n) is 2.49. The first kappa shape index (κ1) is 26.4. The number of Topliss-reactive ketones (excluding diaryl/α,β-unsaturated/α-hetero) is 1. The minimum absolute atomic E-state index is 0. The number of carbonyl (C=O) groups excluding carboxylic acids is 1. The summed E-state index contributed by atoms with van der Waals surface area (Å²) in [6.45, 7) is 13.3. The molecule has 0 aromatic carbocycles. The van der Waals surface area contributed by atoms with Crippen LogP contribution in [0.15, 0.2) is 0 Å². The standard InChI is InChI=1S/C6H12O.C6H7O.C2H6.K/c1-3-4-5-6-7-2;1-3-4-5-6(2)7;1-2;/h5H,1,3-4,6H2,2H3;1,3H2,2H3;1-2H3;/q-2;-1;;+1. The zero-order valence-electron chi connectivity index (χ0n) is 12.1.